The van der Waals surface area contributed by atoms with E-state index in [9.17, 15) is 14.7 Å². The molecule has 3 aromatic carbocycles. The third-order valence-electron chi connectivity index (χ3n) is 7.29. The molecule has 1 aliphatic heterocycles. The van der Waals surface area contributed by atoms with Gasteiger partial charge in [-0.3, -0.25) is 5.43 Å². The van der Waals surface area contributed by atoms with E-state index in [1.165, 1.54) is 7.11 Å². The number of hydrazone groups is 1. The van der Waals surface area contributed by atoms with Gasteiger partial charge in [0, 0.05) is 11.3 Å². The molecule has 0 unspecified atom stereocenters. The van der Waals surface area contributed by atoms with Crippen molar-refractivity contribution in [1.82, 2.24) is 16.1 Å². The Morgan fingerprint density at radius 1 is 1.02 bits per heavy atom. The Morgan fingerprint density at radius 3 is 2.48 bits per heavy atom. The SMILES string of the molecule is C=CCc1cc(/C=N\N[C@@H](O)COc2ccc([C@H]3NC(=O)NC(C)=C3C(=O)OC)cc2OCC)cc(OCC)c1OCc1ccc(Cl)c(Cl)c1. The van der Waals surface area contributed by atoms with Gasteiger partial charge in [0.1, 0.15) is 13.2 Å². The maximum Gasteiger partial charge on any atom is 0.337 e. The Labute approximate surface area is 301 Å². The highest BCUT2D eigenvalue weighted by atomic mass is 35.5. The summed E-state index contributed by atoms with van der Waals surface area (Å²) in [5.74, 6) is 1.21. The minimum Gasteiger partial charge on any atom is -0.490 e. The molecule has 12 nitrogen and oxygen atoms in total. The van der Waals surface area contributed by atoms with Crippen LogP contribution in [-0.4, -0.2) is 56.5 Å². The van der Waals surface area contributed by atoms with Crippen LogP contribution in [0.3, 0.4) is 0 Å². The molecule has 2 amide bonds. The van der Waals surface area contributed by atoms with Gasteiger partial charge in [-0.25, -0.2) is 9.59 Å². The monoisotopic (exact) mass is 726 g/mol. The number of carbonyl (C=O) groups excluding carboxylic acids is 2. The molecule has 50 heavy (non-hydrogen) atoms. The van der Waals surface area contributed by atoms with Crippen LogP contribution in [-0.2, 0) is 22.6 Å². The lowest BCUT2D eigenvalue weighted by molar-refractivity contribution is -0.136. The first-order valence-corrected chi connectivity index (χ1v) is 16.5. The van der Waals surface area contributed by atoms with Crippen molar-refractivity contribution in [2.45, 2.75) is 46.1 Å². The molecule has 0 spiro atoms. The maximum atomic E-state index is 12.5. The molecule has 2 atom stereocenters. The second kappa shape index (κ2) is 18.2. The average molecular weight is 728 g/mol. The highest BCUT2D eigenvalue weighted by Gasteiger charge is 2.32. The largest absolute Gasteiger partial charge is 0.490 e. The number of rotatable bonds is 17. The minimum absolute atomic E-state index is 0.180. The predicted molar refractivity (Wildman–Crippen MR) is 191 cm³/mol. The van der Waals surface area contributed by atoms with E-state index in [0.29, 0.717) is 69.5 Å². The van der Waals surface area contributed by atoms with Gasteiger partial charge in [0.15, 0.2) is 29.2 Å². The second-order valence-corrected chi connectivity index (χ2v) is 11.7. The third kappa shape index (κ3) is 9.84. The molecule has 1 aliphatic rings. The number of ether oxygens (including phenoxy) is 5. The smallest absolute Gasteiger partial charge is 0.337 e. The molecule has 0 bridgehead atoms. The van der Waals surface area contributed by atoms with Crippen LogP contribution in [0.2, 0.25) is 10.0 Å². The molecular formula is C36H40Cl2N4O8. The van der Waals surface area contributed by atoms with Crippen LogP contribution in [0.4, 0.5) is 4.79 Å². The maximum absolute atomic E-state index is 12.5. The number of urea groups is 1. The number of halogens is 2. The number of aliphatic hydroxyl groups excluding tert-OH is 1. The van der Waals surface area contributed by atoms with Crippen molar-refractivity contribution in [3.63, 3.8) is 0 Å². The standard InChI is InChI=1S/C36H40Cl2N4O8/c1-6-9-25-14-23(16-30(48-8-3)34(25)50-19-22-10-12-26(37)27(38)15-22)18-39-42-31(43)20-49-28-13-11-24(17-29(28)47-7-2)33-32(35(44)46-5)21(4)40-36(45)41-33/h6,10-18,31,33,42-43H,1,7-9,19-20H2,2-5H3,(H2,40,41,45)/b39-18-/t31-,33+/m0/s1. The quantitative estimate of drug-likeness (QED) is 0.0418. The van der Waals surface area contributed by atoms with Gasteiger partial charge in [-0.15, -0.1) is 6.58 Å². The number of nitrogens with zero attached hydrogens (tertiary/aromatic N) is 1. The van der Waals surface area contributed by atoms with Crippen LogP contribution in [0.1, 0.15) is 49.1 Å². The summed E-state index contributed by atoms with van der Waals surface area (Å²) in [6.45, 7) is 9.97. The molecule has 0 aliphatic carbocycles. The molecule has 0 fully saturated rings. The zero-order chi connectivity index (χ0) is 36.2. The molecular weight excluding hydrogens is 687 g/mol. The lowest BCUT2D eigenvalue weighted by Gasteiger charge is -2.28. The van der Waals surface area contributed by atoms with Crippen LogP contribution in [0, 0.1) is 0 Å². The number of nitrogens with one attached hydrogen (secondary N) is 3. The van der Waals surface area contributed by atoms with Crippen molar-refractivity contribution in [1.29, 1.82) is 0 Å². The molecule has 0 aromatic heterocycles. The number of esters is 1. The van der Waals surface area contributed by atoms with E-state index in [0.717, 1.165) is 11.1 Å². The van der Waals surface area contributed by atoms with Crippen molar-refractivity contribution in [2.24, 2.45) is 5.10 Å². The molecule has 0 saturated heterocycles. The van der Waals surface area contributed by atoms with Crippen molar-refractivity contribution in [3.8, 4) is 23.0 Å². The van der Waals surface area contributed by atoms with E-state index < -0.39 is 24.3 Å². The van der Waals surface area contributed by atoms with Gasteiger partial charge in [0.2, 0.25) is 0 Å². The number of carbonyl (C=O) groups is 2. The topological polar surface area (TPSA) is 149 Å². The van der Waals surface area contributed by atoms with E-state index in [1.807, 2.05) is 26.0 Å². The second-order valence-electron chi connectivity index (χ2n) is 10.9. The number of amides is 2. The normalized spacial score (nSPS) is 14.8. The summed E-state index contributed by atoms with van der Waals surface area (Å²) in [7, 11) is 1.27. The van der Waals surface area contributed by atoms with Crippen LogP contribution in [0.5, 0.6) is 23.0 Å². The fourth-order valence-corrected chi connectivity index (χ4v) is 5.42. The van der Waals surface area contributed by atoms with Crippen LogP contribution < -0.4 is 35.0 Å². The van der Waals surface area contributed by atoms with Gasteiger partial charge in [0.05, 0.1) is 48.2 Å². The van der Waals surface area contributed by atoms with Crippen molar-refractivity contribution >= 4 is 41.4 Å². The Balaban J connectivity index is 1.44. The van der Waals surface area contributed by atoms with Crippen LogP contribution in [0.15, 0.2) is 77.6 Å². The van der Waals surface area contributed by atoms with Gasteiger partial charge in [-0.2, -0.15) is 5.10 Å². The summed E-state index contributed by atoms with van der Waals surface area (Å²) in [5, 5.41) is 21.0. The molecule has 0 radical (unpaired) electrons. The molecule has 3 aromatic rings. The fourth-order valence-electron chi connectivity index (χ4n) is 5.10. The number of benzene rings is 3. The van der Waals surface area contributed by atoms with Gasteiger partial charge in [-0.05, 0) is 80.3 Å². The molecule has 0 saturated carbocycles. The zero-order valence-corrected chi connectivity index (χ0v) is 29.7. The number of methoxy groups -OCH3 is 1. The molecule has 4 N–H and O–H groups in total. The lowest BCUT2D eigenvalue weighted by atomic mass is 9.95. The molecule has 266 valence electrons. The number of hydrogen-bond donors (Lipinski definition) is 4. The predicted octanol–water partition coefficient (Wildman–Crippen LogP) is 6.22. The summed E-state index contributed by atoms with van der Waals surface area (Å²) >= 11 is 12.2. The first-order chi connectivity index (χ1) is 24.1. The summed E-state index contributed by atoms with van der Waals surface area (Å²) < 4.78 is 28.6. The summed E-state index contributed by atoms with van der Waals surface area (Å²) in [4.78, 5) is 24.7. The van der Waals surface area contributed by atoms with Crippen LogP contribution >= 0.6 is 23.2 Å². The first kappa shape index (κ1) is 37.9. The Hall–Kier alpha value is -4.91. The van der Waals surface area contributed by atoms with E-state index in [-0.39, 0.29) is 18.8 Å². The highest BCUT2D eigenvalue weighted by Crippen LogP contribution is 2.36. The Kier molecular flexibility index (Phi) is 13.8. The average Bonchev–Trinajstić information content (AvgIpc) is 3.08. The first-order valence-electron chi connectivity index (χ1n) is 15.8. The van der Waals surface area contributed by atoms with Gasteiger partial charge in [0.25, 0.3) is 0 Å². The van der Waals surface area contributed by atoms with Gasteiger partial charge < -0.3 is 39.4 Å². The van der Waals surface area contributed by atoms with Crippen molar-refractivity contribution < 1.29 is 38.4 Å². The Morgan fingerprint density at radius 2 is 1.78 bits per heavy atom. The summed E-state index contributed by atoms with van der Waals surface area (Å²) in [6, 6.07) is 12.8. The molecule has 14 heteroatoms. The number of hydrogen-bond acceptors (Lipinski definition) is 10. The lowest BCUT2D eigenvalue weighted by Crippen LogP contribution is -2.45. The molecule has 4 rings (SSSR count). The Bertz CT molecular complexity index is 1760. The highest BCUT2D eigenvalue weighted by molar-refractivity contribution is 6.42. The van der Waals surface area contributed by atoms with Crippen molar-refractivity contribution in [3.05, 3.63) is 105 Å². The number of aliphatic hydroxyl groups is 1. The summed E-state index contributed by atoms with van der Waals surface area (Å²) in [6.07, 6.45) is 2.63. The van der Waals surface area contributed by atoms with Gasteiger partial charge >= 0.3 is 12.0 Å². The third-order valence-corrected chi connectivity index (χ3v) is 8.03. The van der Waals surface area contributed by atoms with E-state index in [2.05, 4.69) is 27.7 Å². The zero-order valence-electron chi connectivity index (χ0n) is 28.2. The van der Waals surface area contributed by atoms with E-state index >= 15 is 0 Å². The number of allylic oxidation sites excluding steroid dienone is 2. The van der Waals surface area contributed by atoms with Gasteiger partial charge in [-0.1, -0.05) is 41.4 Å². The van der Waals surface area contributed by atoms with E-state index in [4.69, 9.17) is 46.9 Å². The van der Waals surface area contributed by atoms with E-state index in [1.54, 1.807) is 55.6 Å². The van der Waals surface area contributed by atoms with Crippen molar-refractivity contribution in [2.75, 3.05) is 26.9 Å². The molecule has 1 heterocycles. The minimum atomic E-state index is -1.19. The van der Waals surface area contributed by atoms with Crippen LogP contribution in [0.25, 0.3) is 0 Å². The summed E-state index contributed by atoms with van der Waals surface area (Å²) in [5.41, 5.74) is 6.25. The fraction of sp³-hybridized carbons (Fsp3) is 0.306.